The molecule has 0 bridgehead atoms. The molecule has 4 nitrogen and oxygen atoms in total. The van der Waals surface area contributed by atoms with Crippen LogP contribution in [0.4, 0.5) is 0 Å². The highest BCUT2D eigenvalue weighted by Crippen LogP contribution is 2.29. The molecular weight excluding hydrogens is 360 g/mol. The number of amides is 2. The minimum atomic E-state index is -0.622. The third-order valence-corrected chi connectivity index (χ3v) is 5.37. The molecule has 1 aliphatic rings. The van der Waals surface area contributed by atoms with Crippen LogP contribution in [-0.2, 0) is 11.2 Å². The number of fused-ring (bicyclic) bond motifs is 1. The summed E-state index contributed by atoms with van der Waals surface area (Å²) in [7, 11) is 0. The molecule has 0 saturated heterocycles. The molecule has 0 heterocycles. The Bertz CT molecular complexity index is 835. The molecule has 5 heteroatoms. The summed E-state index contributed by atoms with van der Waals surface area (Å²) in [4.78, 5) is 25.6. The maximum atomic E-state index is 13.0. The molecular formula is C22H25ClN2O2. The van der Waals surface area contributed by atoms with E-state index in [1.165, 1.54) is 11.1 Å². The van der Waals surface area contributed by atoms with Crippen LogP contribution < -0.4 is 10.6 Å². The lowest BCUT2D eigenvalue weighted by atomic mass is 9.87. The Balaban J connectivity index is 1.73. The molecule has 2 aromatic carbocycles. The van der Waals surface area contributed by atoms with E-state index in [0.29, 0.717) is 10.6 Å². The minimum absolute atomic E-state index is 0.0130. The first-order chi connectivity index (χ1) is 13.0. The minimum Gasteiger partial charge on any atom is -0.347 e. The lowest BCUT2D eigenvalue weighted by Crippen LogP contribution is -2.50. The van der Waals surface area contributed by atoms with E-state index >= 15 is 0 Å². The summed E-state index contributed by atoms with van der Waals surface area (Å²) in [5.74, 6) is -0.541. The number of halogens is 1. The van der Waals surface area contributed by atoms with Gasteiger partial charge >= 0.3 is 0 Å². The molecule has 2 N–H and O–H groups in total. The van der Waals surface area contributed by atoms with Crippen LogP contribution in [0, 0.1) is 5.92 Å². The summed E-state index contributed by atoms with van der Waals surface area (Å²) < 4.78 is 0. The Hall–Kier alpha value is -2.33. The number of carbonyl (C=O) groups excluding carboxylic acids is 2. The molecule has 27 heavy (non-hydrogen) atoms. The quantitative estimate of drug-likeness (QED) is 0.807. The van der Waals surface area contributed by atoms with E-state index in [0.717, 1.165) is 19.3 Å². The molecule has 0 aromatic heterocycles. The summed E-state index contributed by atoms with van der Waals surface area (Å²) in [6, 6.07) is 14.4. The van der Waals surface area contributed by atoms with Crippen molar-refractivity contribution in [1.29, 1.82) is 0 Å². The van der Waals surface area contributed by atoms with Gasteiger partial charge in [-0.1, -0.05) is 61.8 Å². The number of hydrogen-bond acceptors (Lipinski definition) is 2. The Morgan fingerprint density at radius 3 is 2.52 bits per heavy atom. The molecule has 2 aromatic rings. The standard InChI is InChI=1S/C22H25ClN2O2/c1-14(2)20(25-21(26)17-11-5-6-12-18(17)23)22(27)24-19-13-7-9-15-8-3-4-10-16(15)19/h3-6,8,10-12,14,19-20H,7,9,13H2,1-2H3,(H,24,27)(H,25,26). The lowest BCUT2D eigenvalue weighted by molar-refractivity contribution is -0.124. The van der Waals surface area contributed by atoms with Crippen molar-refractivity contribution >= 4 is 23.4 Å². The van der Waals surface area contributed by atoms with Gasteiger partial charge in [-0.3, -0.25) is 9.59 Å². The van der Waals surface area contributed by atoms with Gasteiger partial charge in [0.2, 0.25) is 5.91 Å². The predicted octanol–water partition coefficient (Wildman–Crippen LogP) is 4.29. The van der Waals surface area contributed by atoms with Crippen LogP contribution in [0.15, 0.2) is 48.5 Å². The zero-order chi connectivity index (χ0) is 19.4. The molecule has 2 unspecified atom stereocenters. The van der Waals surface area contributed by atoms with Crippen LogP contribution in [-0.4, -0.2) is 17.9 Å². The van der Waals surface area contributed by atoms with Crippen LogP contribution in [0.3, 0.4) is 0 Å². The van der Waals surface area contributed by atoms with Crippen molar-refractivity contribution in [2.75, 3.05) is 0 Å². The Morgan fingerprint density at radius 1 is 1.07 bits per heavy atom. The maximum Gasteiger partial charge on any atom is 0.253 e. The summed E-state index contributed by atoms with van der Waals surface area (Å²) in [5, 5.41) is 6.37. The second-order valence-electron chi connectivity index (χ2n) is 7.33. The van der Waals surface area contributed by atoms with Gasteiger partial charge in [0, 0.05) is 0 Å². The first kappa shape index (κ1) is 19.4. The summed E-state index contributed by atoms with van der Waals surface area (Å²) in [5.41, 5.74) is 2.84. The predicted molar refractivity (Wildman–Crippen MR) is 108 cm³/mol. The van der Waals surface area contributed by atoms with Gasteiger partial charge in [-0.05, 0) is 48.4 Å². The van der Waals surface area contributed by atoms with Gasteiger partial charge in [0.25, 0.3) is 5.91 Å². The number of nitrogens with one attached hydrogen (secondary N) is 2. The van der Waals surface area contributed by atoms with Crippen LogP contribution in [0.1, 0.15) is 54.2 Å². The third kappa shape index (κ3) is 4.51. The van der Waals surface area contributed by atoms with Crippen molar-refractivity contribution in [2.45, 2.75) is 45.2 Å². The summed E-state index contributed by atoms with van der Waals surface area (Å²) in [6.07, 6.45) is 2.99. The van der Waals surface area contributed by atoms with Gasteiger partial charge in [0.15, 0.2) is 0 Å². The average molecular weight is 385 g/mol. The highest BCUT2D eigenvalue weighted by atomic mass is 35.5. The van der Waals surface area contributed by atoms with E-state index in [1.54, 1.807) is 24.3 Å². The molecule has 0 fully saturated rings. The molecule has 2 atom stereocenters. The van der Waals surface area contributed by atoms with E-state index in [9.17, 15) is 9.59 Å². The molecule has 1 aliphatic carbocycles. The largest absolute Gasteiger partial charge is 0.347 e. The van der Waals surface area contributed by atoms with Crippen molar-refractivity contribution in [3.05, 3.63) is 70.2 Å². The maximum absolute atomic E-state index is 13.0. The molecule has 0 radical (unpaired) electrons. The molecule has 0 saturated carbocycles. The monoisotopic (exact) mass is 384 g/mol. The van der Waals surface area contributed by atoms with E-state index in [4.69, 9.17) is 11.6 Å². The normalized spacial score (nSPS) is 17.1. The topological polar surface area (TPSA) is 58.2 Å². The number of benzene rings is 2. The second kappa shape index (κ2) is 8.57. The first-order valence-electron chi connectivity index (χ1n) is 9.41. The zero-order valence-corrected chi connectivity index (χ0v) is 16.4. The highest BCUT2D eigenvalue weighted by molar-refractivity contribution is 6.33. The van der Waals surface area contributed by atoms with Crippen LogP contribution >= 0.6 is 11.6 Å². The van der Waals surface area contributed by atoms with E-state index < -0.39 is 6.04 Å². The fourth-order valence-electron chi connectivity index (χ4n) is 3.56. The van der Waals surface area contributed by atoms with E-state index in [2.05, 4.69) is 22.8 Å². The van der Waals surface area contributed by atoms with Crippen LogP contribution in [0.5, 0.6) is 0 Å². The van der Waals surface area contributed by atoms with Gasteiger partial charge in [-0.15, -0.1) is 0 Å². The molecule has 2 amide bonds. The Labute approximate surface area is 165 Å². The van der Waals surface area contributed by atoms with E-state index in [1.807, 2.05) is 26.0 Å². The van der Waals surface area contributed by atoms with E-state index in [-0.39, 0.29) is 23.8 Å². The SMILES string of the molecule is CC(C)C(NC(=O)c1ccccc1Cl)C(=O)NC1CCCc2ccccc21. The van der Waals surface area contributed by atoms with Gasteiger partial charge in [-0.25, -0.2) is 0 Å². The number of carbonyl (C=O) groups is 2. The van der Waals surface area contributed by atoms with Crippen molar-refractivity contribution in [1.82, 2.24) is 10.6 Å². The van der Waals surface area contributed by atoms with Crippen LogP contribution in [0.25, 0.3) is 0 Å². The fraction of sp³-hybridized carbons (Fsp3) is 0.364. The summed E-state index contributed by atoms with van der Waals surface area (Å²) >= 11 is 6.11. The number of rotatable bonds is 5. The Morgan fingerprint density at radius 2 is 1.78 bits per heavy atom. The molecule has 0 aliphatic heterocycles. The zero-order valence-electron chi connectivity index (χ0n) is 15.7. The number of hydrogen-bond donors (Lipinski definition) is 2. The Kier molecular flexibility index (Phi) is 6.17. The highest BCUT2D eigenvalue weighted by Gasteiger charge is 2.29. The first-order valence-corrected chi connectivity index (χ1v) is 9.78. The molecule has 0 spiro atoms. The second-order valence-corrected chi connectivity index (χ2v) is 7.73. The summed E-state index contributed by atoms with van der Waals surface area (Å²) in [6.45, 7) is 3.85. The van der Waals surface area contributed by atoms with Gasteiger partial charge in [-0.2, -0.15) is 0 Å². The van der Waals surface area contributed by atoms with Crippen molar-refractivity contribution in [3.8, 4) is 0 Å². The molecule has 142 valence electrons. The average Bonchev–Trinajstić information content (AvgIpc) is 2.66. The van der Waals surface area contributed by atoms with Crippen molar-refractivity contribution < 1.29 is 9.59 Å². The van der Waals surface area contributed by atoms with Crippen LogP contribution in [0.2, 0.25) is 5.02 Å². The molecule has 3 rings (SSSR count). The van der Waals surface area contributed by atoms with Gasteiger partial charge < -0.3 is 10.6 Å². The lowest BCUT2D eigenvalue weighted by Gasteiger charge is -2.29. The van der Waals surface area contributed by atoms with Gasteiger partial charge in [0.05, 0.1) is 16.6 Å². The van der Waals surface area contributed by atoms with Crippen molar-refractivity contribution in [3.63, 3.8) is 0 Å². The third-order valence-electron chi connectivity index (χ3n) is 5.04. The number of aryl methyl sites for hydroxylation is 1. The fourth-order valence-corrected chi connectivity index (χ4v) is 3.79. The smallest absolute Gasteiger partial charge is 0.253 e. The van der Waals surface area contributed by atoms with Gasteiger partial charge in [0.1, 0.15) is 6.04 Å². The van der Waals surface area contributed by atoms with Crippen molar-refractivity contribution in [2.24, 2.45) is 5.92 Å².